The normalized spacial score (nSPS) is 39.1. The second-order valence-corrected chi connectivity index (χ2v) is 4.95. The molecule has 0 aromatic heterocycles. The molecule has 83 valence electrons. The van der Waals surface area contributed by atoms with Crippen molar-refractivity contribution in [2.45, 2.75) is 26.2 Å². The van der Waals surface area contributed by atoms with Gasteiger partial charge in [0.25, 0.3) is 0 Å². The number of fused-ring (bicyclic) bond motifs is 3. The van der Waals surface area contributed by atoms with E-state index in [-0.39, 0.29) is 5.97 Å². The molecule has 15 heavy (non-hydrogen) atoms. The van der Waals surface area contributed by atoms with E-state index >= 15 is 0 Å². The van der Waals surface area contributed by atoms with Gasteiger partial charge in [-0.05, 0) is 25.7 Å². The van der Waals surface area contributed by atoms with Crippen molar-refractivity contribution in [3.8, 4) is 0 Å². The number of hydrogen-bond acceptors (Lipinski definition) is 2. The highest BCUT2D eigenvalue weighted by atomic mass is 16.5. The van der Waals surface area contributed by atoms with Crippen molar-refractivity contribution in [3.05, 3.63) is 0 Å². The van der Waals surface area contributed by atoms with Crippen LogP contribution in [0.3, 0.4) is 0 Å². The van der Waals surface area contributed by atoms with Crippen LogP contribution >= 0.6 is 0 Å². The molecule has 2 bridgehead atoms. The molecule has 0 amide bonds. The minimum Gasteiger partial charge on any atom is -0.588 e. The molecule has 3 radical (unpaired) electrons. The first-order valence-electron chi connectivity index (χ1n) is 5.93. The van der Waals surface area contributed by atoms with Crippen molar-refractivity contribution in [3.63, 3.8) is 0 Å². The fourth-order valence-electron chi connectivity index (χ4n) is 3.04. The Balaban J connectivity index is 1.91. The molecule has 0 N–H and O–H groups in total. The molecule has 0 aromatic carbocycles. The van der Waals surface area contributed by atoms with Crippen molar-refractivity contribution in [1.82, 2.24) is 0 Å². The molecule has 4 heteroatoms. The molecule has 0 aliphatic carbocycles. The molecule has 1 atom stereocenters. The second-order valence-electron chi connectivity index (χ2n) is 4.95. The Morgan fingerprint density at radius 1 is 1.47 bits per heavy atom. The molecule has 0 aromatic rings. The third-order valence-corrected chi connectivity index (χ3v) is 3.89. The number of carbonyl (C=O) groups excluding carboxylic acids is 1. The summed E-state index contributed by atoms with van der Waals surface area (Å²) in [5, 5.41) is 0. The molecular weight excluding hydrogens is 189 g/mol. The quantitative estimate of drug-likeness (QED) is 0.508. The lowest BCUT2D eigenvalue weighted by Gasteiger charge is -2.61. The first kappa shape index (κ1) is 11.0. The molecule has 3 rings (SSSR count). The van der Waals surface area contributed by atoms with Gasteiger partial charge in [-0.25, -0.2) is 7.98 Å². The van der Waals surface area contributed by atoms with Crippen LogP contribution < -0.4 is 0 Å². The van der Waals surface area contributed by atoms with E-state index in [4.69, 9.17) is 12.7 Å². The van der Waals surface area contributed by atoms with Crippen LogP contribution in [0.4, 0.5) is 0 Å². The summed E-state index contributed by atoms with van der Waals surface area (Å²) in [5.41, 5.74) is 0. The summed E-state index contributed by atoms with van der Waals surface area (Å²) in [6.07, 6.45) is 2.93. The monoisotopic (exact) mass is 208 g/mol. The summed E-state index contributed by atoms with van der Waals surface area (Å²) < 4.78 is 5.68. The maximum absolute atomic E-state index is 11.4. The third kappa shape index (κ3) is 2.36. The van der Waals surface area contributed by atoms with E-state index < -0.39 is 0 Å². The highest BCUT2D eigenvalue weighted by Gasteiger charge is 2.38. The lowest BCUT2D eigenvalue weighted by molar-refractivity contribution is -0.841. The van der Waals surface area contributed by atoms with Crippen molar-refractivity contribution in [1.29, 1.82) is 0 Å². The average molecular weight is 208 g/mol. The van der Waals surface area contributed by atoms with Gasteiger partial charge in [0.05, 0.1) is 13.0 Å². The van der Waals surface area contributed by atoms with Crippen molar-refractivity contribution in [2.24, 2.45) is 11.8 Å². The number of piperidine rings is 3. The topological polar surface area (TPSA) is 26.3 Å². The predicted molar refractivity (Wildman–Crippen MR) is 58.1 cm³/mol. The Morgan fingerprint density at radius 2 is 2.13 bits per heavy atom. The van der Waals surface area contributed by atoms with Crippen LogP contribution in [0.2, 0.25) is 0 Å². The SMILES string of the molecule is [B-][N+]12CCC(CC1)C(CC(=O)OCC)C2. The molecule has 0 spiro atoms. The Hall–Kier alpha value is -0.505. The van der Waals surface area contributed by atoms with Gasteiger partial charge in [-0.1, -0.05) is 0 Å². The van der Waals surface area contributed by atoms with E-state index in [1.54, 1.807) is 0 Å². The summed E-state index contributed by atoms with van der Waals surface area (Å²) in [4.78, 5) is 11.4. The Bertz CT molecular complexity index is 249. The van der Waals surface area contributed by atoms with Gasteiger partial charge in [-0.3, -0.25) is 4.79 Å². The summed E-state index contributed by atoms with van der Waals surface area (Å²) >= 11 is 0. The molecular formula is C11H19BNO2. The number of hydrogen-bond donors (Lipinski definition) is 0. The largest absolute Gasteiger partial charge is 0.588 e. The van der Waals surface area contributed by atoms with Crippen LogP contribution in [-0.2, 0) is 9.53 Å². The number of carbonyl (C=O) groups is 1. The van der Waals surface area contributed by atoms with Crippen LogP contribution in [0.5, 0.6) is 0 Å². The van der Waals surface area contributed by atoms with Crippen LogP contribution in [0, 0.1) is 11.8 Å². The highest BCUT2D eigenvalue weighted by Crippen LogP contribution is 2.37. The van der Waals surface area contributed by atoms with Gasteiger partial charge in [0.1, 0.15) is 0 Å². The van der Waals surface area contributed by atoms with Crippen LogP contribution in [0.25, 0.3) is 0 Å². The number of quaternary nitrogens is 1. The van der Waals surface area contributed by atoms with E-state index in [2.05, 4.69) is 0 Å². The van der Waals surface area contributed by atoms with E-state index in [1.165, 1.54) is 12.8 Å². The minimum atomic E-state index is -0.0529. The summed E-state index contributed by atoms with van der Waals surface area (Å²) in [5.74, 6) is 1.11. The van der Waals surface area contributed by atoms with E-state index in [0.717, 1.165) is 19.6 Å². The van der Waals surface area contributed by atoms with Crippen molar-refractivity contribution in [2.75, 3.05) is 26.2 Å². The molecule has 0 saturated carbocycles. The Morgan fingerprint density at radius 3 is 2.67 bits per heavy atom. The predicted octanol–water partition coefficient (Wildman–Crippen LogP) is 0.880. The van der Waals surface area contributed by atoms with Crippen LogP contribution in [0.15, 0.2) is 0 Å². The van der Waals surface area contributed by atoms with Gasteiger partial charge >= 0.3 is 5.97 Å². The molecule has 3 aliphatic rings. The van der Waals surface area contributed by atoms with Crippen LogP contribution in [-0.4, -0.2) is 44.6 Å². The summed E-state index contributed by atoms with van der Waals surface area (Å²) in [7, 11) is 6.22. The van der Waals surface area contributed by atoms with Gasteiger partial charge in [-0.15, -0.1) is 0 Å². The van der Waals surface area contributed by atoms with Gasteiger partial charge in [-0.2, -0.15) is 0 Å². The van der Waals surface area contributed by atoms with E-state index in [9.17, 15) is 4.79 Å². The number of esters is 1. The zero-order valence-electron chi connectivity index (χ0n) is 9.45. The molecule has 3 fully saturated rings. The molecule has 3 aliphatic heterocycles. The van der Waals surface area contributed by atoms with Gasteiger partial charge < -0.3 is 9.13 Å². The minimum absolute atomic E-state index is 0.0529. The first-order chi connectivity index (χ1) is 7.13. The number of nitrogens with zero attached hydrogens (tertiary/aromatic N) is 1. The summed E-state index contributed by atoms with van der Waals surface area (Å²) in [6, 6.07) is 0. The maximum Gasteiger partial charge on any atom is 0.306 e. The van der Waals surface area contributed by atoms with Gasteiger partial charge in [0.2, 0.25) is 0 Å². The fraction of sp³-hybridized carbons (Fsp3) is 0.909. The third-order valence-electron chi connectivity index (χ3n) is 3.89. The van der Waals surface area contributed by atoms with Crippen molar-refractivity contribution >= 4 is 14.0 Å². The first-order valence-corrected chi connectivity index (χ1v) is 5.93. The highest BCUT2D eigenvalue weighted by molar-refractivity contribution is 5.97. The number of ether oxygens (including phenoxy) is 1. The van der Waals surface area contributed by atoms with Gasteiger partial charge in [0.15, 0.2) is 0 Å². The van der Waals surface area contributed by atoms with E-state index in [0.29, 0.717) is 29.3 Å². The molecule has 1 unspecified atom stereocenters. The Kier molecular flexibility index (Phi) is 3.05. The number of rotatable bonds is 3. The standard InChI is InChI=1S/C11H19BNO2/c1-2-15-11(14)7-10-8-13(12)5-3-9(10)4-6-13/h9-10H,2-8H2,1H3. The molecule has 3 saturated heterocycles. The maximum atomic E-state index is 11.4. The van der Waals surface area contributed by atoms with Crippen molar-refractivity contribution < 1.29 is 13.9 Å². The van der Waals surface area contributed by atoms with E-state index in [1.807, 2.05) is 6.92 Å². The smallest absolute Gasteiger partial charge is 0.306 e. The lowest BCUT2D eigenvalue weighted by atomic mass is 9.74. The van der Waals surface area contributed by atoms with Gasteiger partial charge in [0, 0.05) is 25.6 Å². The van der Waals surface area contributed by atoms with Crippen LogP contribution in [0.1, 0.15) is 26.2 Å². The lowest BCUT2D eigenvalue weighted by Crippen LogP contribution is -2.60. The molecule has 3 nitrogen and oxygen atoms in total. The Labute approximate surface area is 92.8 Å². The zero-order chi connectivity index (χ0) is 10.9. The second kappa shape index (κ2) is 4.16. The summed E-state index contributed by atoms with van der Waals surface area (Å²) in [6.45, 7) is 5.47. The average Bonchev–Trinajstić information content (AvgIpc) is 2.18. The molecule has 3 heterocycles. The zero-order valence-corrected chi connectivity index (χ0v) is 9.45. The fourth-order valence-corrected chi connectivity index (χ4v) is 3.04.